The molecular formula is C12H14N2O3. The molecule has 1 aliphatic rings. The van der Waals surface area contributed by atoms with E-state index < -0.39 is 11.9 Å². The molecule has 0 saturated heterocycles. The predicted molar refractivity (Wildman–Crippen MR) is 60.0 cm³/mol. The number of carboxylic acid groups (broad SMARTS) is 1. The summed E-state index contributed by atoms with van der Waals surface area (Å²) < 4.78 is 0. The van der Waals surface area contributed by atoms with Gasteiger partial charge in [0.15, 0.2) is 0 Å². The van der Waals surface area contributed by atoms with Gasteiger partial charge in [-0.05, 0) is 25.5 Å². The second-order valence-corrected chi connectivity index (χ2v) is 4.27. The van der Waals surface area contributed by atoms with Gasteiger partial charge in [0, 0.05) is 6.20 Å². The molecule has 5 nitrogen and oxygen atoms in total. The van der Waals surface area contributed by atoms with Crippen molar-refractivity contribution in [2.75, 3.05) is 0 Å². The Morgan fingerprint density at radius 1 is 1.47 bits per heavy atom. The van der Waals surface area contributed by atoms with E-state index >= 15 is 0 Å². The molecule has 1 aliphatic carbocycles. The fraction of sp³-hybridized carbons (Fsp3) is 0.417. The summed E-state index contributed by atoms with van der Waals surface area (Å²) in [7, 11) is 0. The third kappa shape index (κ3) is 2.61. The number of carbonyl (C=O) groups excluding carboxylic acids is 1. The minimum Gasteiger partial charge on any atom is -0.481 e. The number of carbonyl (C=O) groups is 2. The third-order valence-corrected chi connectivity index (χ3v) is 2.93. The molecule has 1 aromatic heterocycles. The van der Waals surface area contributed by atoms with Gasteiger partial charge in [0.2, 0.25) is 5.91 Å². The Morgan fingerprint density at radius 3 is 2.76 bits per heavy atom. The first kappa shape index (κ1) is 11.6. The standard InChI is InChI=1S/C12H14N2O3/c1-7(10-4-2-3-5-13-10)14-11(15)8-6-9(8)12(16)17/h2-5,7-9H,6H2,1H3,(H,14,15)(H,16,17)/t7-,8+,9-/m0/s1. The molecule has 2 rings (SSSR count). The van der Waals surface area contributed by atoms with Crippen molar-refractivity contribution >= 4 is 11.9 Å². The normalized spacial score (nSPS) is 23.8. The molecule has 90 valence electrons. The number of nitrogens with zero attached hydrogens (tertiary/aromatic N) is 1. The van der Waals surface area contributed by atoms with Gasteiger partial charge in [0.05, 0.1) is 23.6 Å². The van der Waals surface area contributed by atoms with Gasteiger partial charge in [-0.25, -0.2) is 0 Å². The number of amides is 1. The number of aromatic nitrogens is 1. The summed E-state index contributed by atoms with van der Waals surface area (Å²) in [5.41, 5.74) is 0.772. The topological polar surface area (TPSA) is 79.3 Å². The highest BCUT2D eigenvalue weighted by molar-refractivity contribution is 5.89. The van der Waals surface area contributed by atoms with Crippen LogP contribution in [0.2, 0.25) is 0 Å². The molecule has 0 aromatic carbocycles. The van der Waals surface area contributed by atoms with Gasteiger partial charge in [-0.15, -0.1) is 0 Å². The second kappa shape index (κ2) is 4.53. The van der Waals surface area contributed by atoms with Crippen LogP contribution in [0.15, 0.2) is 24.4 Å². The van der Waals surface area contributed by atoms with Crippen LogP contribution in [0.5, 0.6) is 0 Å². The van der Waals surface area contributed by atoms with Gasteiger partial charge in [0.1, 0.15) is 0 Å². The van der Waals surface area contributed by atoms with Crippen LogP contribution < -0.4 is 5.32 Å². The zero-order valence-corrected chi connectivity index (χ0v) is 9.46. The molecule has 3 atom stereocenters. The smallest absolute Gasteiger partial charge is 0.307 e. The summed E-state index contributed by atoms with van der Waals surface area (Å²) in [5.74, 6) is -1.98. The number of rotatable bonds is 4. The number of nitrogens with one attached hydrogen (secondary N) is 1. The summed E-state index contributed by atoms with van der Waals surface area (Å²) in [6.07, 6.45) is 2.10. The average Bonchev–Trinajstić information content (AvgIpc) is 3.10. The quantitative estimate of drug-likeness (QED) is 0.813. The molecule has 1 fully saturated rings. The molecule has 5 heteroatoms. The first-order valence-electron chi connectivity index (χ1n) is 5.53. The van der Waals surface area contributed by atoms with Crippen molar-refractivity contribution in [2.24, 2.45) is 11.8 Å². The van der Waals surface area contributed by atoms with Crippen LogP contribution in [0.1, 0.15) is 25.1 Å². The molecule has 0 bridgehead atoms. The molecular weight excluding hydrogens is 220 g/mol. The lowest BCUT2D eigenvalue weighted by atomic mass is 10.2. The van der Waals surface area contributed by atoms with Crippen molar-refractivity contribution < 1.29 is 14.7 Å². The Hall–Kier alpha value is -1.91. The van der Waals surface area contributed by atoms with E-state index in [2.05, 4.69) is 10.3 Å². The number of pyridine rings is 1. The SMILES string of the molecule is C[C@H](NC(=O)[C@@H]1C[C@@H]1C(=O)O)c1ccccn1. The van der Waals surface area contributed by atoms with Crippen LogP contribution in [-0.2, 0) is 9.59 Å². The molecule has 1 amide bonds. The van der Waals surface area contributed by atoms with Gasteiger partial charge >= 0.3 is 5.97 Å². The highest BCUT2D eigenvalue weighted by atomic mass is 16.4. The van der Waals surface area contributed by atoms with E-state index in [-0.39, 0.29) is 17.9 Å². The summed E-state index contributed by atoms with van der Waals surface area (Å²) >= 11 is 0. The molecule has 2 N–H and O–H groups in total. The van der Waals surface area contributed by atoms with Crippen molar-refractivity contribution in [1.82, 2.24) is 10.3 Å². The molecule has 0 spiro atoms. The monoisotopic (exact) mass is 234 g/mol. The number of aliphatic carboxylic acids is 1. The largest absolute Gasteiger partial charge is 0.481 e. The van der Waals surface area contributed by atoms with Gasteiger partial charge in [-0.3, -0.25) is 14.6 Å². The first-order valence-corrected chi connectivity index (χ1v) is 5.53. The van der Waals surface area contributed by atoms with Crippen LogP contribution in [0.4, 0.5) is 0 Å². The lowest BCUT2D eigenvalue weighted by molar-refractivity contribution is -0.140. The molecule has 0 unspecified atom stereocenters. The highest BCUT2D eigenvalue weighted by Crippen LogP contribution is 2.39. The summed E-state index contributed by atoms with van der Waals surface area (Å²) in [5, 5.41) is 11.5. The van der Waals surface area contributed by atoms with Crippen LogP contribution in [0, 0.1) is 11.8 Å². The van der Waals surface area contributed by atoms with Crippen molar-refractivity contribution in [3.05, 3.63) is 30.1 Å². The predicted octanol–water partition coefficient (Wildman–Crippen LogP) is 0.980. The highest BCUT2D eigenvalue weighted by Gasteiger charge is 2.48. The third-order valence-electron chi connectivity index (χ3n) is 2.93. The molecule has 17 heavy (non-hydrogen) atoms. The molecule has 0 aliphatic heterocycles. The van der Waals surface area contributed by atoms with Crippen LogP contribution >= 0.6 is 0 Å². The summed E-state index contributed by atoms with van der Waals surface area (Å²) in [6.45, 7) is 1.83. The van der Waals surface area contributed by atoms with E-state index in [1.807, 2.05) is 19.1 Å². The Kier molecular flexibility index (Phi) is 3.08. The Balaban J connectivity index is 1.90. The van der Waals surface area contributed by atoms with Crippen molar-refractivity contribution in [3.8, 4) is 0 Å². The lowest BCUT2D eigenvalue weighted by Crippen LogP contribution is -2.29. The lowest BCUT2D eigenvalue weighted by Gasteiger charge is -2.12. The molecule has 0 radical (unpaired) electrons. The van der Waals surface area contributed by atoms with Crippen LogP contribution in [0.25, 0.3) is 0 Å². The zero-order chi connectivity index (χ0) is 12.4. The van der Waals surface area contributed by atoms with Crippen molar-refractivity contribution in [1.29, 1.82) is 0 Å². The zero-order valence-electron chi connectivity index (χ0n) is 9.46. The molecule has 1 saturated carbocycles. The van der Waals surface area contributed by atoms with Gasteiger partial charge in [-0.1, -0.05) is 6.07 Å². The maximum absolute atomic E-state index is 11.7. The first-order chi connectivity index (χ1) is 8.09. The van der Waals surface area contributed by atoms with E-state index in [1.165, 1.54) is 0 Å². The Morgan fingerprint density at radius 2 is 2.24 bits per heavy atom. The van der Waals surface area contributed by atoms with E-state index in [9.17, 15) is 9.59 Å². The second-order valence-electron chi connectivity index (χ2n) is 4.27. The van der Waals surface area contributed by atoms with E-state index in [0.717, 1.165) is 5.69 Å². The summed E-state index contributed by atoms with van der Waals surface area (Å²) in [4.78, 5) is 26.5. The number of carboxylic acids is 1. The maximum Gasteiger partial charge on any atom is 0.307 e. The van der Waals surface area contributed by atoms with Crippen molar-refractivity contribution in [3.63, 3.8) is 0 Å². The van der Waals surface area contributed by atoms with Gasteiger partial charge < -0.3 is 10.4 Å². The van der Waals surface area contributed by atoms with Crippen LogP contribution in [0.3, 0.4) is 0 Å². The van der Waals surface area contributed by atoms with E-state index in [0.29, 0.717) is 6.42 Å². The minimum absolute atomic E-state index is 0.196. The Labute approximate surface area is 98.9 Å². The van der Waals surface area contributed by atoms with E-state index in [1.54, 1.807) is 12.3 Å². The molecule has 1 heterocycles. The molecule has 1 aromatic rings. The fourth-order valence-corrected chi connectivity index (χ4v) is 1.78. The van der Waals surface area contributed by atoms with Crippen LogP contribution in [-0.4, -0.2) is 22.0 Å². The average molecular weight is 234 g/mol. The van der Waals surface area contributed by atoms with Gasteiger partial charge in [-0.2, -0.15) is 0 Å². The van der Waals surface area contributed by atoms with Gasteiger partial charge in [0.25, 0.3) is 0 Å². The maximum atomic E-state index is 11.7. The Bertz CT molecular complexity index is 433. The minimum atomic E-state index is -0.893. The summed E-state index contributed by atoms with van der Waals surface area (Å²) in [6, 6.07) is 5.28. The fourth-order valence-electron chi connectivity index (χ4n) is 1.78. The number of hydrogen-bond acceptors (Lipinski definition) is 3. The number of hydrogen-bond donors (Lipinski definition) is 2. The van der Waals surface area contributed by atoms with Crippen molar-refractivity contribution in [2.45, 2.75) is 19.4 Å². The van der Waals surface area contributed by atoms with E-state index in [4.69, 9.17) is 5.11 Å².